The van der Waals surface area contributed by atoms with Crippen molar-refractivity contribution in [2.75, 3.05) is 0 Å². The van der Waals surface area contributed by atoms with Crippen LogP contribution in [0.4, 0.5) is 0 Å². The van der Waals surface area contributed by atoms with Gasteiger partial charge >= 0.3 is 5.69 Å². The molecule has 0 atom stereocenters. The monoisotopic (exact) mass is 239 g/mol. The van der Waals surface area contributed by atoms with Crippen LogP contribution >= 0.6 is 11.6 Å². The average Bonchev–Trinajstić information content (AvgIpc) is 2.55. The van der Waals surface area contributed by atoms with Crippen molar-refractivity contribution < 1.29 is 4.52 Å². The number of aryl methyl sites for hydroxylation is 2. The zero-order valence-electron chi connectivity index (χ0n) is 8.87. The van der Waals surface area contributed by atoms with E-state index in [1.54, 1.807) is 0 Å². The number of halogens is 1. The topological polar surface area (TPSA) is 71.8 Å². The van der Waals surface area contributed by atoms with Crippen molar-refractivity contribution in [2.45, 2.75) is 20.3 Å². The maximum absolute atomic E-state index is 11.1. The fourth-order valence-electron chi connectivity index (χ4n) is 1.47. The van der Waals surface area contributed by atoms with Gasteiger partial charge in [-0.25, -0.2) is 9.78 Å². The third-order valence-electron chi connectivity index (χ3n) is 2.38. The number of H-pyrrole nitrogens is 1. The van der Waals surface area contributed by atoms with Crippen LogP contribution in [0.2, 0.25) is 5.02 Å². The second kappa shape index (κ2) is 4.09. The van der Waals surface area contributed by atoms with Gasteiger partial charge in [0.2, 0.25) is 0 Å². The van der Waals surface area contributed by atoms with Crippen LogP contribution < -0.4 is 5.69 Å². The summed E-state index contributed by atoms with van der Waals surface area (Å²) in [7, 11) is 0. The fraction of sp³-hybridized carbons (Fsp3) is 0.300. The summed E-state index contributed by atoms with van der Waals surface area (Å²) in [5.41, 5.74) is 1.94. The lowest BCUT2D eigenvalue weighted by Gasteiger charge is -2.02. The Morgan fingerprint density at radius 3 is 2.88 bits per heavy atom. The lowest BCUT2D eigenvalue weighted by molar-refractivity contribution is 0.392. The molecule has 0 saturated carbocycles. The highest BCUT2D eigenvalue weighted by Gasteiger charge is 2.12. The van der Waals surface area contributed by atoms with Gasteiger partial charge < -0.3 is 9.51 Å². The number of hydrogen-bond donors (Lipinski definition) is 1. The van der Waals surface area contributed by atoms with E-state index < -0.39 is 5.69 Å². The highest BCUT2D eigenvalue weighted by molar-refractivity contribution is 6.31. The molecule has 0 radical (unpaired) electrons. The molecule has 16 heavy (non-hydrogen) atoms. The molecule has 0 saturated heterocycles. The molecule has 84 valence electrons. The van der Waals surface area contributed by atoms with Crippen molar-refractivity contribution in [3.05, 3.63) is 44.4 Å². The molecule has 5 nitrogen and oxygen atoms in total. The predicted molar refractivity (Wildman–Crippen MR) is 58.7 cm³/mol. The van der Waals surface area contributed by atoms with Gasteiger partial charge in [0.15, 0.2) is 0 Å². The van der Waals surface area contributed by atoms with E-state index in [-0.39, 0.29) is 0 Å². The molecule has 2 aromatic rings. The lowest BCUT2D eigenvalue weighted by atomic mass is 10.1. The third kappa shape index (κ3) is 1.99. The summed E-state index contributed by atoms with van der Waals surface area (Å²) in [5, 5.41) is 4.27. The molecular formula is C10H10ClN3O2. The van der Waals surface area contributed by atoms with Crippen molar-refractivity contribution in [1.29, 1.82) is 0 Å². The minimum absolute atomic E-state index is 0.411. The van der Waals surface area contributed by atoms with E-state index in [2.05, 4.69) is 15.1 Å². The Bertz CT molecular complexity index is 554. The maximum atomic E-state index is 11.1. The van der Waals surface area contributed by atoms with Gasteiger partial charge in [-0.05, 0) is 13.8 Å². The molecule has 1 N–H and O–H groups in total. The molecule has 6 heteroatoms. The van der Waals surface area contributed by atoms with E-state index in [4.69, 9.17) is 16.1 Å². The highest BCUT2D eigenvalue weighted by atomic mass is 35.5. The number of nitrogens with zero attached hydrogens (tertiary/aromatic N) is 2. The Labute approximate surface area is 96.5 Å². The zero-order chi connectivity index (χ0) is 11.7. The molecule has 0 aliphatic rings. The van der Waals surface area contributed by atoms with Crippen molar-refractivity contribution in [3.8, 4) is 0 Å². The van der Waals surface area contributed by atoms with Gasteiger partial charge in [0.1, 0.15) is 5.76 Å². The first-order valence-electron chi connectivity index (χ1n) is 4.73. The molecule has 0 amide bonds. The lowest BCUT2D eigenvalue weighted by Crippen LogP contribution is -2.12. The van der Waals surface area contributed by atoms with Gasteiger partial charge in [0, 0.05) is 17.7 Å². The molecule has 0 bridgehead atoms. The van der Waals surface area contributed by atoms with Crippen LogP contribution in [0.25, 0.3) is 0 Å². The van der Waals surface area contributed by atoms with E-state index in [9.17, 15) is 4.79 Å². The molecule has 0 unspecified atom stereocenters. The smallest absolute Gasteiger partial charge is 0.345 e. The molecular weight excluding hydrogens is 230 g/mol. The number of nitrogens with one attached hydrogen (secondary N) is 1. The molecule has 0 fully saturated rings. The zero-order valence-corrected chi connectivity index (χ0v) is 9.63. The minimum atomic E-state index is -0.411. The van der Waals surface area contributed by atoms with Gasteiger partial charge in [-0.15, -0.1) is 0 Å². The van der Waals surface area contributed by atoms with E-state index in [0.717, 1.165) is 17.0 Å². The van der Waals surface area contributed by atoms with Crippen LogP contribution in [0.3, 0.4) is 0 Å². The normalized spacial score (nSPS) is 10.7. The van der Waals surface area contributed by atoms with Crippen LogP contribution in [-0.4, -0.2) is 15.1 Å². The number of aromatic amines is 1. The summed E-state index contributed by atoms with van der Waals surface area (Å²) in [6, 6.07) is 0. The summed E-state index contributed by atoms with van der Waals surface area (Å²) in [4.78, 5) is 17.2. The van der Waals surface area contributed by atoms with Crippen molar-refractivity contribution in [3.63, 3.8) is 0 Å². The quantitative estimate of drug-likeness (QED) is 0.864. The number of rotatable bonds is 2. The molecule has 2 heterocycles. The van der Waals surface area contributed by atoms with Gasteiger partial charge in [-0.2, -0.15) is 0 Å². The largest absolute Gasteiger partial charge is 0.361 e. The van der Waals surface area contributed by atoms with Crippen LogP contribution in [0, 0.1) is 13.8 Å². The predicted octanol–water partition coefficient (Wildman–Crippen LogP) is 1.62. The Morgan fingerprint density at radius 1 is 1.50 bits per heavy atom. The van der Waals surface area contributed by atoms with Gasteiger partial charge in [-0.3, -0.25) is 0 Å². The van der Waals surface area contributed by atoms with Gasteiger partial charge in [0.05, 0.1) is 16.9 Å². The van der Waals surface area contributed by atoms with Crippen LogP contribution in [0.15, 0.2) is 15.5 Å². The molecule has 2 rings (SSSR count). The fourth-order valence-corrected chi connectivity index (χ4v) is 1.64. The Kier molecular flexibility index (Phi) is 2.78. The maximum Gasteiger partial charge on any atom is 0.345 e. The molecule has 0 spiro atoms. The highest BCUT2D eigenvalue weighted by Crippen LogP contribution is 2.19. The van der Waals surface area contributed by atoms with Gasteiger partial charge in [0.25, 0.3) is 0 Å². The third-order valence-corrected chi connectivity index (χ3v) is 2.70. The van der Waals surface area contributed by atoms with Crippen LogP contribution in [0.5, 0.6) is 0 Å². The first-order valence-corrected chi connectivity index (χ1v) is 5.11. The summed E-state index contributed by atoms with van der Waals surface area (Å²) in [5.74, 6) is 0.728. The Hall–Kier alpha value is -1.62. The number of hydrogen-bond acceptors (Lipinski definition) is 4. The summed E-state index contributed by atoms with van der Waals surface area (Å²) < 4.78 is 5.04. The van der Waals surface area contributed by atoms with Gasteiger partial charge in [-0.1, -0.05) is 16.8 Å². The van der Waals surface area contributed by atoms with Crippen LogP contribution in [-0.2, 0) is 6.42 Å². The van der Waals surface area contributed by atoms with Crippen LogP contribution in [0.1, 0.15) is 22.7 Å². The average molecular weight is 240 g/mol. The standard InChI is InChI=1S/C10H10ClN3O2/c1-5-7(6(2)16-14-5)3-9-8(11)4-12-10(15)13-9/h4H,3H2,1-2H3,(H,12,13,15). The molecule has 0 aliphatic heterocycles. The second-order valence-corrected chi connectivity index (χ2v) is 3.90. The summed E-state index contributed by atoms with van der Waals surface area (Å²) >= 11 is 5.93. The Morgan fingerprint density at radius 2 is 2.25 bits per heavy atom. The summed E-state index contributed by atoms with van der Waals surface area (Å²) in [6.45, 7) is 3.67. The Balaban J connectivity index is 2.41. The van der Waals surface area contributed by atoms with Crippen molar-refractivity contribution in [1.82, 2.24) is 15.1 Å². The van der Waals surface area contributed by atoms with Crippen molar-refractivity contribution in [2.24, 2.45) is 0 Å². The van der Waals surface area contributed by atoms with E-state index in [1.807, 2.05) is 13.8 Å². The SMILES string of the molecule is Cc1noc(C)c1Cc1[nH]c(=O)ncc1Cl. The molecule has 2 aromatic heterocycles. The van der Waals surface area contributed by atoms with E-state index >= 15 is 0 Å². The minimum Gasteiger partial charge on any atom is -0.361 e. The second-order valence-electron chi connectivity index (χ2n) is 3.49. The molecule has 0 aromatic carbocycles. The first kappa shape index (κ1) is 10.9. The van der Waals surface area contributed by atoms with E-state index in [1.165, 1.54) is 6.20 Å². The first-order chi connectivity index (χ1) is 7.58. The molecule has 0 aliphatic carbocycles. The summed E-state index contributed by atoms with van der Waals surface area (Å²) in [6.07, 6.45) is 1.83. The number of aromatic nitrogens is 3. The van der Waals surface area contributed by atoms with E-state index in [0.29, 0.717) is 17.1 Å². The van der Waals surface area contributed by atoms with Crippen molar-refractivity contribution >= 4 is 11.6 Å².